The summed E-state index contributed by atoms with van der Waals surface area (Å²) in [5.74, 6) is -4.14. The van der Waals surface area contributed by atoms with E-state index in [1.54, 1.807) is 60.7 Å². The molecule has 0 amide bonds. The average Bonchev–Trinajstić information content (AvgIpc) is 0.744. The van der Waals surface area contributed by atoms with Gasteiger partial charge in [0.2, 0.25) is 0 Å². The minimum atomic E-state index is -1.58. The number of unbranched alkanes of at least 4 members (excludes halogenated alkanes) is 16. The van der Waals surface area contributed by atoms with Crippen LogP contribution in [0.5, 0.6) is 23.0 Å². The van der Waals surface area contributed by atoms with Crippen LogP contribution in [0.25, 0.3) is 54.9 Å². The molecule has 0 aromatic heterocycles. The Bertz CT molecular complexity index is 3550. The molecule has 98 heavy (non-hydrogen) atoms. The van der Waals surface area contributed by atoms with Crippen molar-refractivity contribution in [1.29, 1.82) is 0 Å². The molecule has 0 N–H and O–H groups in total. The summed E-state index contributed by atoms with van der Waals surface area (Å²) in [6.07, 6.45) is 34.0. The van der Waals surface area contributed by atoms with E-state index in [4.69, 9.17) is 18.9 Å². The first kappa shape index (κ1) is 73.1. The Labute approximate surface area is 577 Å². The van der Waals surface area contributed by atoms with Gasteiger partial charge < -0.3 is 18.9 Å². The first-order valence-corrected chi connectivity index (χ1v) is 37.1. The molecule has 2 saturated carbocycles. The van der Waals surface area contributed by atoms with Crippen LogP contribution in [-0.4, -0.2) is 25.2 Å². The van der Waals surface area contributed by atoms with Crippen molar-refractivity contribution in [2.75, 3.05) is 13.2 Å². The van der Waals surface area contributed by atoms with Crippen LogP contribution in [0.2, 0.25) is 0 Å². The van der Waals surface area contributed by atoms with Gasteiger partial charge in [-0.15, -0.1) is 0 Å². The molecule has 2 fully saturated rings. The van der Waals surface area contributed by atoms with Gasteiger partial charge in [-0.1, -0.05) is 190 Å². The predicted octanol–water partition coefficient (Wildman–Crippen LogP) is 25.7. The number of rotatable bonds is 37. The molecule has 2 aliphatic carbocycles. The second-order valence-corrected chi connectivity index (χ2v) is 27.9. The third-order valence-corrected chi connectivity index (χ3v) is 20.7. The van der Waals surface area contributed by atoms with Crippen LogP contribution in [0.15, 0.2) is 133 Å². The number of hydrogen-bond acceptors (Lipinski definition) is 6. The Balaban J connectivity index is 0.737. The summed E-state index contributed by atoms with van der Waals surface area (Å²) in [4.78, 5) is 28.0. The van der Waals surface area contributed by atoms with Gasteiger partial charge in [-0.05, 0) is 228 Å². The van der Waals surface area contributed by atoms with Crippen LogP contribution < -0.4 is 18.9 Å². The van der Waals surface area contributed by atoms with Gasteiger partial charge in [0.1, 0.15) is 23.0 Å². The smallest absolute Gasteiger partial charge is 0.311 e. The maximum atomic E-state index is 14.7. The van der Waals surface area contributed by atoms with Crippen LogP contribution >= 0.6 is 0 Å². The summed E-state index contributed by atoms with van der Waals surface area (Å²) in [6, 6.07) is 38.0. The van der Waals surface area contributed by atoms with E-state index in [1.165, 1.54) is 88.2 Å². The zero-order valence-electron chi connectivity index (χ0n) is 57.8. The van der Waals surface area contributed by atoms with Crippen molar-refractivity contribution in [2.24, 2.45) is 11.8 Å². The number of fused-ring (bicyclic) bond motifs is 2. The molecule has 0 atom stereocenters. The van der Waals surface area contributed by atoms with E-state index in [0.29, 0.717) is 81.7 Å². The number of esters is 2. The molecule has 0 unspecified atom stereocenters. The Morgan fingerprint density at radius 3 is 1.02 bits per heavy atom. The van der Waals surface area contributed by atoms with Crippen molar-refractivity contribution >= 4 is 33.5 Å². The first-order chi connectivity index (χ1) is 47.8. The summed E-state index contributed by atoms with van der Waals surface area (Å²) in [7, 11) is 0. The van der Waals surface area contributed by atoms with Crippen molar-refractivity contribution in [3.05, 3.63) is 179 Å². The molecule has 8 aromatic carbocycles. The van der Waals surface area contributed by atoms with Crippen LogP contribution in [0.1, 0.15) is 242 Å². The number of ether oxygens (including phenoxy) is 4. The summed E-state index contributed by atoms with van der Waals surface area (Å²) in [5, 5.41) is 2.15. The molecule has 0 aliphatic heterocycles. The number of hydrogen-bond donors (Lipinski definition) is 0. The Morgan fingerprint density at radius 2 is 0.684 bits per heavy atom. The predicted molar refractivity (Wildman–Crippen MR) is 384 cm³/mol. The minimum absolute atomic E-state index is 0.0940. The lowest BCUT2D eigenvalue weighted by Gasteiger charge is -2.28. The van der Waals surface area contributed by atoms with Crippen molar-refractivity contribution in [2.45, 2.75) is 231 Å². The fraction of sp³-hybridized carbons (Fsp3) is 0.465. The number of benzene rings is 8. The van der Waals surface area contributed by atoms with E-state index in [-0.39, 0.29) is 35.5 Å². The van der Waals surface area contributed by atoms with Gasteiger partial charge in [0, 0.05) is 24.0 Å². The second-order valence-electron chi connectivity index (χ2n) is 27.9. The van der Waals surface area contributed by atoms with E-state index in [9.17, 15) is 35.9 Å². The van der Waals surface area contributed by atoms with Crippen LogP contribution in [0.4, 0.5) is 26.3 Å². The lowest BCUT2D eigenvalue weighted by atomic mass is 9.77. The van der Waals surface area contributed by atoms with Gasteiger partial charge in [0.15, 0.2) is 34.9 Å². The van der Waals surface area contributed by atoms with E-state index in [2.05, 4.69) is 62.4 Å². The lowest BCUT2D eigenvalue weighted by molar-refractivity contribution is -0.135. The zero-order chi connectivity index (χ0) is 68.6. The SMILES string of the molecule is CCCC1CCC(c2ccc(OCCCCCCCCCCCC(=O)Oc3ccc4cc(-c5cc(F)c(F)c(F)c5)ccc4c3-c3c(OC(=O)CCCCCCCCCCCOc4ccc(C5CCC(CCC)CC5)cc4)ccc4cc(-c5cc(F)c(F)c(F)c5)ccc34)cc2)CC1. The first-order valence-electron chi connectivity index (χ1n) is 37.1. The van der Waals surface area contributed by atoms with Crippen molar-refractivity contribution in [1.82, 2.24) is 0 Å². The largest absolute Gasteiger partial charge is 0.494 e. The van der Waals surface area contributed by atoms with Gasteiger partial charge in [0.25, 0.3) is 0 Å². The van der Waals surface area contributed by atoms with Gasteiger partial charge >= 0.3 is 11.9 Å². The highest BCUT2D eigenvalue weighted by atomic mass is 19.2. The summed E-state index contributed by atoms with van der Waals surface area (Å²) < 4.78 is 112. The quantitative estimate of drug-likeness (QED) is 0.0127. The minimum Gasteiger partial charge on any atom is -0.494 e. The third kappa shape index (κ3) is 20.7. The van der Waals surface area contributed by atoms with Crippen molar-refractivity contribution in [3.8, 4) is 56.4 Å². The standard InChI is InChI=1S/C86H100F6O6/c1-3-23-59-27-31-61(32-28-59)63-35-43-71(44-36-63)95-51-21-17-13-9-5-7-11-15-19-25-81(93)97-79-49-41-67-53-65(69-55-75(87)85(91)76(88)56-69)39-47-73(67)83(79)84-74-48-40-66(70-57-77(89)86(92)78(90)58-70)54-68(74)42-50-80(84)98-82(94)26-20-16-12-8-6-10-14-18-22-52-96-72-45-37-64(38-46-72)62-33-29-60(24-4-2)30-34-62/h35-50,53-62H,3-34,51-52H2,1-2H3. The maximum Gasteiger partial charge on any atom is 0.311 e. The fourth-order valence-electron chi connectivity index (χ4n) is 15.1. The van der Waals surface area contributed by atoms with E-state index >= 15 is 0 Å². The molecule has 522 valence electrons. The Kier molecular flexibility index (Phi) is 28.0. The Hall–Kier alpha value is -7.60. The highest BCUT2D eigenvalue weighted by molar-refractivity contribution is 6.11. The van der Waals surface area contributed by atoms with E-state index in [1.807, 2.05) is 0 Å². The van der Waals surface area contributed by atoms with Gasteiger partial charge in [-0.25, -0.2) is 26.3 Å². The zero-order valence-corrected chi connectivity index (χ0v) is 57.8. The van der Waals surface area contributed by atoms with Gasteiger partial charge in [0.05, 0.1) is 13.2 Å². The van der Waals surface area contributed by atoms with Crippen LogP contribution in [0, 0.1) is 46.7 Å². The lowest BCUT2D eigenvalue weighted by Crippen LogP contribution is -2.13. The fourth-order valence-corrected chi connectivity index (χ4v) is 15.1. The monoisotopic (exact) mass is 1340 g/mol. The topological polar surface area (TPSA) is 71.1 Å². The molecule has 0 spiro atoms. The maximum absolute atomic E-state index is 14.7. The molecule has 0 saturated heterocycles. The molecule has 2 aliphatic rings. The molecule has 0 heterocycles. The highest BCUT2D eigenvalue weighted by Gasteiger charge is 2.26. The molecular formula is C86H100F6O6. The molecule has 12 heteroatoms. The second kappa shape index (κ2) is 37.6. The third-order valence-electron chi connectivity index (χ3n) is 20.7. The molecule has 0 bridgehead atoms. The summed E-state index contributed by atoms with van der Waals surface area (Å²) >= 11 is 0. The van der Waals surface area contributed by atoms with E-state index < -0.39 is 46.8 Å². The molecule has 8 aromatic rings. The number of carbonyl (C=O) groups is 2. The highest BCUT2D eigenvalue weighted by Crippen LogP contribution is 2.48. The summed E-state index contributed by atoms with van der Waals surface area (Å²) in [5.41, 5.74) is 4.58. The van der Waals surface area contributed by atoms with Crippen LogP contribution in [-0.2, 0) is 9.59 Å². The summed E-state index contributed by atoms with van der Waals surface area (Å²) in [6.45, 7) is 5.99. The van der Waals surface area contributed by atoms with Crippen molar-refractivity contribution < 1.29 is 54.9 Å². The Morgan fingerprint density at radius 1 is 0.357 bits per heavy atom. The van der Waals surface area contributed by atoms with Crippen molar-refractivity contribution in [3.63, 3.8) is 0 Å². The molecule has 6 nitrogen and oxygen atoms in total. The van der Waals surface area contributed by atoms with Crippen LogP contribution in [0.3, 0.4) is 0 Å². The average molecular weight is 1340 g/mol. The molecule has 0 radical (unpaired) electrons. The molecular weight excluding hydrogens is 1240 g/mol. The molecule has 10 rings (SSSR count). The number of carbonyl (C=O) groups excluding carboxylic acids is 2. The normalized spacial score (nSPS) is 16.4. The van der Waals surface area contributed by atoms with Gasteiger partial charge in [-0.2, -0.15) is 0 Å². The van der Waals surface area contributed by atoms with Gasteiger partial charge in [-0.3, -0.25) is 9.59 Å². The number of halogens is 6. The van der Waals surface area contributed by atoms with E-state index in [0.717, 1.165) is 150 Å².